The number of hydrogen-bond acceptors (Lipinski definition) is 4. The molecular formula is C24H24FN3O3S. The Morgan fingerprint density at radius 1 is 0.875 bits per heavy atom. The van der Waals surface area contributed by atoms with Crippen molar-refractivity contribution in [1.82, 2.24) is 10.6 Å². The summed E-state index contributed by atoms with van der Waals surface area (Å²) in [5.74, 6) is -1.57. The third-order valence-corrected chi connectivity index (χ3v) is 5.57. The molecule has 0 spiro atoms. The molecule has 0 radical (unpaired) electrons. The van der Waals surface area contributed by atoms with Gasteiger partial charge in [0.25, 0.3) is 11.8 Å². The van der Waals surface area contributed by atoms with E-state index >= 15 is 0 Å². The fourth-order valence-electron chi connectivity index (χ4n) is 3.03. The summed E-state index contributed by atoms with van der Waals surface area (Å²) in [7, 11) is 0. The monoisotopic (exact) mass is 453 g/mol. The second-order valence-corrected chi connectivity index (χ2v) is 8.09. The maximum absolute atomic E-state index is 13.6. The largest absolute Gasteiger partial charge is 0.350 e. The molecule has 0 bridgehead atoms. The van der Waals surface area contributed by atoms with E-state index in [1.807, 2.05) is 11.4 Å². The Bertz CT molecular complexity index is 1070. The van der Waals surface area contributed by atoms with Gasteiger partial charge in [0.1, 0.15) is 5.82 Å². The van der Waals surface area contributed by atoms with Crippen LogP contribution >= 0.6 is 11.3 Å². The van der Waals surface area contributed by atoms with Gasteiger partial charge < -0.3 is 16.0 Å². The molecule has 0 unspecified atom stereocenters. The number of carbonyl (C=O) groups excluding carboxylic acids is 3. The van der Waals surface area contributed by atoms with Gasteiger partial charge in [-0.1, -0.05) is 24.3 Å². The number of benzene rings is 2. The average molecular weight is 454 g/mol. The minimum absolute atomic E-state index is 0.0438. The van der Waals surface area contributed by atoms with Crippen LogP contribution in [0.15, 0.2) is 66.0 Å². The van der Waals surface area contributed by atoms with Crippen molar-refractivity contribution < 1.29 is 18.8 Å². The predicted octanol–water partition coefficient (Wildman–Crippen LogP) is 4.01. The van der Waals surface area contributed by atoms with E-state index in [0.717, 1.165) is 12.8 Å². The first-order valence-corrected chi connectivity index (χ1v) is 11.1. The number of carbonyl (C=O) groups is 3. The first-order chi connectivity index (χ1) is 15.5. The molecule has 0 saturated carbocycles. The molecule has 1 heterocycles. The van der Waals surface area contributed by atoms with Crippen molar-refractivity contribution in [2.24, 2.45) is 0 Å². The molecule has 3 rings (SSSR count). The highest BCUT2D eigenvalue weighted by Crippen LogP contribution is 2.14. The number of thiophene rings is 1. The van der Waals surface area contributed by atoms with Gasteiger partial charge in [0, 0.05) is 35.6 Å². The average Bonchev–Trinajstić information content (AvgIpc) is 3.30. The topological polar surface area (TPSA) is 87.3 Å². The molecule has 0 aliphatic carbocycles. The fourth-order valence-corrected chi connectivity index (χ4v) is 3.79. The number of nitrogens with one attached hydrogen (secondary N) is 3. The Balaban J connectivity index is 1.40. The van der Waals surface area contributed by atoms with E-state index in [9.17, 15) is 18.8 Å². The van der Waals surface area contributed by atoms with E-state index in [0.29, 0.717) is 17.7 Å². The van der Waals surface area contributed by atoms with Crippen molar-refractivity contribution in [1.29, 1.82) is 0 Å². The van der Waals surface area contributed by atoms with E-state index in [-0.39, 0.29) is 30.5 Å². The van der Waals surface area contributed by atoms with Crippen LogP contribution in [0.1, 0.15) is 38.4 Å². The van der Waals surface area contributed by atoms with Gasteiger partial charge in [-0.3, -0.25) is 14.4 Å². The molecule has 166 valence electrons. The molecule has 1 aromatic heterocycles. The molecule has 8 heteroatoms. The van der Waals surface area contributed by atoms with Crippen LogP contribution in [0.3, 0.4) is 0 Å². The van der Waals surface area contributed by atoms with Crippen molar-refractivity contribution in [3.8, 4) is 0 Å². The molecule has 0 saturated heterocycles. The Labute approximate surface area is 189 Å². The van der Waals surface area contributed by atoms with Crippen LogP contribution in [0.5, 0.6) is 0 Å². The molecule has 3 N–H and O–H groups in total. The normalized spacial score (nSPS) is 10.4. The highest BCUT2D eigenvalue weighted by molar-refractivity contribution is 7.09. The first kappa shape index (κ1) is 23.1. The molecule has 3 amide bonds. The van der Waals surface area contributed by atoms with Gasteiger partial charge in [0.05, 0.1) is 5.56 Å². The summed E-state index contributed by atoms with van der Waals surface area (Å²) in [4.78, 5) is 37.7. The lowest BCUT2D eigenvalue weighted by Gasteiger charge is -2.09. The fraction of sp³-hybridized carbons (Fsp3) is 0.208. The zero-order valence-electron chi connectivity index (χ0n) is 17.4. The highest BCUT2D eigenvalue weighted by atomic mass is 32.1. The summed E-state index contributed by atoms with van der Waals surface area (Å²) >= 11 is 1.68. The van der Waals surface area contributed by atoms with Gasteiger partial charge in [-0.2, -0.15) is 0 Å². The van der Waals surface area contributed by atoms with Crippen LogP contribution < -0.4 is 16.0 Å². The molecule has 3 aromatic rings. The van der Waals surface area contributed by atoms with Gasteiger partial charge in [0.2, 0.25) is 5.91 Å². The number of aryl methyl sites for hydroxylation is 1. The Kier molecular flexibility index (Phi) is 8.51. The van der Waals surface area contributed by atoms with Crippen molar-refractivity contribution in [3.63, 3.8) is 0 Å². The number of rotatable bonds is 10. The summed E-state index contributed by atoms with van der Waals surface area (Å²) in [6.07, 6.45) is 2.02. The first-order valence-electron chi connectivity index (χ1n) is 10.3. The van der Waals surface area contributed by atoms with Crippen LogP contribution in [-0.2, 0) is 11.2 Å². The predicted molar refractivity (Wildman–Crippen MR) is 123 cm³/mol. The van der Waals surface area contributed by atoms with Crippen LogP contribution in [-0.4, -0.2) is 30.8 Å². The summed E-state index contributed by atoms with van der Waals surface area (Å²) < 4.78 is 13.6. The van der Waals surface area contributed by atoms with E-state index in [2.05, 4.69) is 22.0 Å². The Morgan fingerprint density at radius 3 is 2.41 bits per heavy atom. The van der Waals surface area contributed by atoms with Crippen LogP contribution in [0.2, 0.25) is 0 Å². The standard InChI is InChI=1S/C24H24FN3O3S/c25-21-11-2-1-10-20(21)24(31)27-14-13-26-23(30)17-6-3-7-18(16-17)28-22(29)12-4-8-19-9-5-15-32-19/h1-3,5-7,9-11,15-16H,4,8,12-14H2,(H,26,30)(H,27,31)(H,28,29). The molecule has 0 aliphatic rings. The summed E-state index contributed by atoms with van der Waals surface area (Å²) in [5, 5.41) is 10.1. The summed E-state index contributed by atoms with van der Waals surface area (Å²) in [5.41, 5.74) is 0.895. The lowest BCUT2D eigenvalue weighted by molar-refractivity contribution is -0.116. The minimum atomic E-state index is -0.598. The number of halogens is 1. The van der Waals surface area contributed by atoms with Gasteiger partial charge >= 0.3 is 0 Å². The third kappa shape index (κ3) is 7.02. The van der Waals surface area contributed by atoms with E-state index in [1.165, 1.54) is 23.1 Å². The maximum atomic E-state index is 13.6. The highest BCUT2D eigenvalue weighted by Gasteiger charge is 2.11. The molecule has 0 atom stereocenters. The molecule has 32 heavy (non-hydrogen) atoms. The van der Waals surface area contributed by atoms with E-state index in [1.54, 1.807) is 41.7 Å². The molecule has 0 aliphatic heterocycles. The molecule has 6 nitrogen and oxygen atoms in total. The van der Waals surface area contributed by atoms with Crippen molar-refractivity contribution in [2.75, 3.05) is 18.4 Å². The second-order valence-electron chi connectivity index (χ2n) is 7.05. The second kappa shape index (κ2) is 11.8. The van der Waals surface area contributed by atoms with E-state index < -0.39 is 11.7 Å². The van der Waals surface area contributed by atoms with E-state index in [4.69, 9.17) is 0 Å². The van der Waals surface area contributed by atoms with Gasteiger partial charge in [0.15, 0.2) is 0 Å². The Morgan fingerprint density at radius 2 is 1.66 bits per heavy atom. The zero-order chi connectivity index (χ0) is 22.8. The van der Waals surface area contributed by atoms with Crippen molar-refractivity contribution >= 4 is 34.7 Å². The summed E-state index contributed by atoms with van der Waals surface area (Å²) in [6, 6.07) is 16.4. The Hall–Kier alpha value is -3.52. The molecule has 0 fully saturated rings. The molecule has 2 aromatic carbocycles. The number of amides is 3. The van der Waals surface area contributed by atoms with Crippen LogP contribution in [0, 0.1) is 5.82 Å². The van der Waals surface area contributed by atoms with Gasteiger partial charge in [-0.05, 0) is 54.6 Å². The molecular weight excluding hydrogens is 429 g/mol. The third-order valence-electron chi connectivity index (χ3n) is 4.63. The van der Waals surface area contributed by atoms with Crippen molar-refractivity contribution in [3.05, 3.63) is 87.9 Å². The zero-order valence-corrected chi connectivity index (χ0v) is 18.2. The van der Waals surface area contributed by atoms with Gasteiger partial charge in [-0.25, -0.2) is 4.39 Å². The lowest BCUT2D eigenvalue weighted by atomic mass is 10.1. The quantitative estimate of drug-likeness (QED) is 0.406. The minimum Gasteiger partial charge on any atom is -0.350 e. The SMILES string of the molecule is O=C(CCCc1cccs1)Nc1cccc(C(=O)NCCNC(=O)c2ccccc2F)c1. The summed E-state index contributed by atoms with van der Waals surface area (Å²) in [6.45, 7) is 0.331. The maximum Gasteiger partial charge on any atom is 0.254 e. The lowest BCUT2D eigenvalue weighted by Crippen LogP contribution is -2.35. The van der Waals surface area contributed by atoms with Crippen LogP contribution in [0.25, 0.3) is 0 Å². The smallest absolute Gasteiger partial charge is 0.254 e. The van der Waals surface area contributed by atoms with Gasteiger partial charge in [-0.15, -0.1) is 11.3 Å². The number of hydrogen-bond donors (Lipinski definition) is 3. The number of anilines is 1. The van der Waals surface area contributed by atoms with Crippen molar-refractivity contribution in [2.45, 2.75) is 19.3 Å². The van der Waals surface area contributed by atoms with Crippen LogP contribution in [0.4, 0.5) is 10.1 Å².